The van der Waals surface area contributed by atoms with Gasteiger partial charge in [-0.25, -0.2) is 4.57 Å². The van der Waals surface area contributed by atoms with E-state index in [1.54, 1.807) is 11.0 Å². The van der Waals surface area contributed by atoms with E-state index in [9.17, 15) is 0 Å². The van der Waals surface area contributed by atoms with Gasteiger partial charge in [0.2, 0.25) is 6.33 Å². The van der Waals surface area contributed by atoms with E-state index in [1.165, 1.54) is 5.56 Å². The van der Waals surface area contributed by atoms with Crippen molar-refractivity contribution in [1.82, 2.24) is 9.78 Å². The van der Waals surface area contributed by atoms with Crippen molar-refractivity contribution in [3.8, 4) is 0 Å². The molecule has 0 bridgehead atoms. The first kappa shape index (κ1) is 20.8. The summed E-state index contributed by atoms with van der Waals surface area (Å²) in [6, 6.07) is 18.5. The van der Waals surface area contributed by atoms with Crippen molar-refractivity contribution < 1.29 is 14.5 Å². The van der Waals surface area contributed by atoms with Crippen LogP contribution in [0, 0.1) is 0 Å². The zero-order valence-electron chi connectivity index (χ0n) is 16.5. The number of carbonyl (C=O) groups is 1. The smallest absolute Gasteiger partial charge is 0.403 e. The number of rotatable bonds is 5. The lowest BCUT2D eigenvalue weighted by Crippen LogP contribution is -2.25. The lowest BCUT2D eigenvalue weighted by molar-refractivity contribution is -0.659. The maximum Gasteiger partial charge on any atom is 0.403 e. The highest BCUT2D eigenvalue weighted by molar-refractivity contribution is 5.60. The maximum atomic E-state index is 8.89. The summed E-state index contributed by atoms with van der Waals surface area (Å²) >= 11 is 0. The third-order valence-corrected chi connectivity index (χ3v) is 3.81. The number of aliphatic carboxylic acids is 1. The number of benzene rings is 2. The maximum absolute atomic E-state index is 8.89. The Balaban J connectivity index is 0.000000640. The summed E-state index contributed by atoms with van der Waals surface area (Å²) in [5.74, 6) is -0.389. The summed E-state index contributed by atoms with van der Waals surface area (Å²) in [4.78, 5) is 11.1. The van der Waals surface area contributed by atoms with Gasteiger partial charge in [-0.15, -0.1) is 4.68 Å². The number of anilines is 1. The van der Waals surface area contributed by atoms with Crippen molar-refractivity contribution in [3.63, 3.8) is 0 Å². The summed E-state index contributed by atoms with van der Waals surface area (Å²) in [5.41, 5.74) is 3.24. The Labute approximate surface area is 164 Å². The fourth-order valence-electron chi connectivity index (χ4n) is 2.45. The van der Waals surface area contributed by atoms with Crippen LogP contribution in [0.1, 0.15) is 12.5 Å². The van der Waals surface area contributed by atoms with Crippen LogP contribution in [0.25, 0.3) is 0 Å². The van der Waals surface area contributed by atoms with Crippen molar-refractivity contribution in [3.05, 3.63) is 66.5 Å². The average Bonchev–Trinajstić information content (AvgIpc) is 2.98. The van der Waals surface area contributed by atoms with Crippen LogP contribution < -0.4 is 14.6 Å². The third kappa shape index (κ3) is 6.31. The van der Waals surface area contributed by atoms with Crippen LogP contribution in [0.3, 0.4) is 0 Å². The molecule has 0 aliphatic carbocycles. The Morgan fingerprint density at radius 3 is 2.29 bits per heavy atom. The van der Waals surface area contributed by atoms with E-state index < -0.39 is 5.97 Å². The SMILES string of the molecule is CC(=O)[O-].CN(Cc1ccccc1)c1ccc(N=Nc2n(C)nc[n+]2C)cc1. The Kier molecular flexibility index (Phi) is 7.38. The second-order valence-electron chi connectivity index (χ2n) is 6.22. The van der Waals surface area contributed by atoms with E-state index in [0.29, 0.717) is 5.95 Å². The Morgan fingerprint density at radius 2 is 1.75 bits per heavy atom. The highest BCUT2D eigenvalue weighted by atomic mass is 16.4. The molecule has 0 amide bonds. The normalized spacial score (nSPS) is 10.4. The van der Waals surface area contributed by atoms with Gasteiger partial charge in [-0.3, -0.25) is 0 Å². The van der Waals surface area contributed by atoms with Gasteiger partial charge in [0, 0.05) is 30.4 Å². The largest absolute Gasteiger partial charge is 0.550 e. The number of carboxylic acid groups (broad SMARTS) is 1. The first-order chi connectivity index (χ1) is 13.4. The summed E-state index contributed by atoms with van der Waals surface area (Å²) in [5, 5.41) is 21.5. The van der Waals surface area contributed by atoms with Crippen LogP contribution in [0.2, 0.25) is 0 Å². The molecule has 3 aromatic rings. The molecule has 146 valence electrons. The highest BCUT2D eigenvalue weighted by Crippen LogP contribution is 2.21. The minimum atomic E-state index is -1.08. The van der Waals surface area contributed by atoms with Crippen molar-refractivity contribution in [2.45, 2.75) is 13.5 Å². The Hall–Kier alpha value is -3.55. The molecule has 0 saturated heterocycles. The minimum absolute atomic E-state index is 0.695. The van der Waals surface area contributed by atoms with Gasteiger partial charge < -0.3 is 14.8 Å². The van der Waals surface area contributed by atoms with E-state index >= 15 is 0 Å². The van der Waals surface area contributed by atoms with Crippen LogP contribution in [-0.2, 0) is 25.4 Å². The second kappa shape index (κ2) is 9.96. The number of nitrogens with zero attached hydrogens (tertiary/aromatic N) is 6. The first-order valence-electron chi connectivity index (χ1n) is 8.69. The molecule has 0 atom stereocenters. The first-order valence-corrected chi connectivity index (χ1v) is 8.69. The second-order valence-corrected chi connectivity index (χ2v) is 6.22. The van der Waals surface area contributed by atoms with Gasteiger partial charge in [-0.1, -0.05) is 35.4 Å². The molecule has 0 aliphatic rings. The number of aryl methyl sites for hydroxylation is 2. The fourth-order valence-corrected chi connectivity index (χ4v) is 2.45. The molecule has 0 saturated carbocycles. The van der Waals surface area contributed by atoms with E-state index in [1.807, 2.05) is 36.9 Å². The van der Waals surface area contributed by atoms with Crippen LogP contribution in [0.5, 0.6) is 0 Å². The average molecular weight is 380 g/mol. The summed E-state index contributed by atoms with van der Waals surface area (Å²) < 4.78 is 3.51. The molecule has 1 aromatic heterocycles. The van der Waals surface area contributed by atoms with E-state index in [0.717, 1.165) is 24.8 Å². The van der Waals surface area contributed by atoms with Gasteiger partial charge in [0.1, 0.15) is 0 Å². The topological polar surface area (TPSA) is 89.8 Å². The summed E-state index contributed by atoms with van der Waals surface area (Å²) in [6.07, 6.45) is 1.70. The molecular weight excluding hydrogens is 356 g/mol. The number of azo groups is 1. The predicted octanol–water partition coefficient (Wildman–Crippen LogP) is 2.05. The van der Waals surface area contributed by atoms with E-state index in [4.69, 9.17) is 9.90 Å². The molecule has 28 heavy (non-hydrogen) atoms. The van der Waals surface area contributed by atoms with Gasteiger partial charge in [-0.2, -0.15) is 0 Å². The molecule has 0 spiro atoms. The van der Waals surface area contributed by atoms with E-state index in [2.05, 4.69) is 63.7 Å². The number of hydrogen-bond donors (Lipinski definition) is 0. The molecule has 0 N–H and O–H groups in total. The van der Waals surface area contributed by atoms with Crippen molar-refractivity contribution >= 4 is 23.3 Å². The number of hydrogen-bond acceptors (Lipinski definition) is 6. The van der Waals surface area contributed by atoms with Crippen LogP contribution >= 0.6 is 0 Å². The summed E-state index contributed by atoms with van der Waals surface area (Å²) in [7, 11) is 5.82. The van der Waals surface area contributed by atoms with Gasteiger partial charge in [0.25, 0.3) is 0 Å². The number of carboxylic acids is 1. The molecule has 1 heterocycles. The Morgan fingerprint density at radius 1 is 1.14 bits per heavy atom. The number of carbonyl (C=O) groups excluding carboxylic acids is 1. The van der Waals surface area contributed by atoms with Gasteiger partial charge in [0.15, 0.2) is 0 Å². The zero-order valence-corrected chi connectivity index (χ0v) is 16.5. The van der Waals surface area contributed by atoms with Crippen LogP contribution in [-0.4, -0.2) is 22.8 Å². The molecule has 2 aromatic carbocycles. The van der Waals surface area contributed by atoms with Gasteiger partial charge in [0.05, 0.1) is 19.8 Å². The molecule has 8 nitrogen and oxygen atoms in total. The minimum Gasteiger partial charge on any atom is -0.550 e. The van der Waals surface area contributed by atoms with Crippen molar-refractivity contribution in [2.75, 3.05) is 11.9 Å². The van der Waals surface area contributed by atoms with Gasteiger partial charge in [-0.05, 0) is 41.9 Å². The quantitative estimate of drug-likeness (QED) is 0.500. The predicted molar refractivity (Wildman–Crippen MR) is 104 cm³/mol. The lowest BCUT2D eigenvalue weighted by atomic mass is 10.2. The molecule has 8 heteroatoms. The van der Waals surface area contributed by atoms with Crippen molar-refractivity contribution in [2.24, 2.45) is 24.3 Å². The lowest BCUT2D eigenvalue weighted by Gasteiger charge is -2.19. The fraction of sp³-hybridized carbons (Fsp3) is 0.250. The highest BCUT2D eigenvalue weighted by Gasteiger charge is 2.11. The molecule has 0 radical (unpaired) electrons. The standard InChI is InChI=1S/C18H21N6.C2H4O2/c1-22(13-15-7-5-4-6-8-15)17-11-9-16(10-12-17)20-21-18-23(2)14-19-24(18)3;1-2(3)4/h4-12,14H,13H2,1-3H3;1H3,(H,3,4)/q+1;/p-1. The number of aromatic nitrogens is 3. The van der Waals surface area contributed by atoms with Crippen molar-refractivity contribution in [1.29, 1.82) is 0 Å². The molecular formula is C20H24N6O2. The molecule has 0 unspecified atom stereocenters. The molecule has 3 rings (SSSR count). The monoisotopic (exact) mass is 380 g/mol. The summed E-state index contributed by atoms with van der Waals surface area (Å²) in [6.45, 7) is 1.84. The van der Waals surface area contributed by atoms with Crippen LogP contribution in [0.15, 0.2) is 71.2 Å². The molecule has 0 fully saturated rings. The van der Waals surface area contributed by atoms with E-state index in [-0.39, 0.29) is 0 Å². The zero-order chi connectivity index (χ0) is 20.5. The Bertz CT molecular complexity index is 896. The van der Waals surface area contributed by atoms with Crippen LogP contribution in [0.4, 0.5) is 17.3 Å². The molecule has 0 aliphatic heterocycles. The third-order valence-electron chi connectivity index (χ3n) is 3.81. The van der Waals surface area contributed by atoms with Gasteiger partial charge >= 0.3 is 5.95 Å².